The number of nitrogens with one attached hydrogen (secondary N) is 1. The van der Waals surface area contributed by atoms with E-state index >= 15 is 0 Å². The zero-order valence-corrected chi connectivity index (χ0v) is 20.8. The molecule has 1 aromatic carbocycles. The predicted octanol–water partition coefficient (Wildman–Crippen LogP) is 3.22. The van der Waals surface area contributed by atoms with Crippen molar-refractivity contribution in [2.75, 3.05) is 19.7 Å². The third-order valence-electron chi connectivity index (χ3n) is 6.54. The van der Waals surface area contributed by atoms with Crippen molar-refractivity contribution < 1.29 is 28.8 Å². The summed E-state index contributed by atoms with van der Waals surface area (Å²) in [5.41, 5.74) is 2.91. The van der Waals surface area contributed by atoms with Gasteiger partial charge in [-0.25, -0.2) is 15.1 Å². The molecule has 4 amide bonds. The summed E-state index contributed by atoms with van der Waals surface area (Å²) in [6.45, 7) is 7.02. The average Bonchev–Trinajstić information content (AvgIpc) is 3.06. The molecule has 0 saturated carbocycles. The first-order valence-corrected chi connectivity index (χ1v) is 12.4. The largest absolute Gasteiger partial charge is 0.444 e. The van der Waals surface area contributed by atoms with Crippen molar-refractivity contribution in [1.29, 1.82) is 0 Å². The van der Waals surface area contributed by atoms with Crippen molar-refractivity contribution in [1.82, 2.24) is 20.3 Å². The number of carbonyl (C=O) groups is 3. The fourth-order valence-electron chi connectivity index (χ4n) is 4.80. The van der Waals surface area contributed by atoms with Gasteiger partial charge in [-0.3, -0.25) is 14.5 Å². The van der Waals surface area contributed by atoms with Gasteiger partial charge in [-0.15, -0.1) is 0 Å². The first kappa shape index (κ1) is 25.2. The van der Waals surface area contributed by atoms with Gasteiger partial charge in [0.05, 0.1) is 18.7 Å². The third-order valence-corrected chi connectivity index (χ3v) is 6.54. The molecule has 4 rings (SSSR count). The van der Waals surface area contributed by atoms with Gasteiger partial charge in [-0.05, 0) is 58.4 Å². The van der Waals surface area contributed by atoms with Crippen molar-refractivity contribution in [3.05, 3.63) is 35.9 Å². The molecular weight excluding hydrogens is 452 g/mol. The van der Waals surface area contributed by atoms with E-state index in [9.17, 15) is 14.4 Å². The minimum Gasteiger partial charge on any atom is -0.444 e. The highest BCUT2D eigenvalue weighted by atomic mass is 16.7. The van der Waals surface area contributed by atoms with Gasteiger partial charge in [0.1, 0.15) is 18.2 Å². The van der Waals surface area contributed by atoms with E-state index in [0.717, 1.165) is 24.8 Å². The first-order valence-electron chi connectivity index (χ1n) is 12.4. The number of piperidine rings is 2. The van der Waals surface area contributed by atoms with Crippen molar-refractivity contribution >= 4 is 18.0 Å². The quantitative estimate of drug-likeness (QED) is 0.592. The molecule has 35 heavy (non-hydrogen) atoms. The third kappa shape index (κ3) is 6.24. The highest BCUT2D eigenvalue weighted by Gasteiger charge is 2.48. The molecule has 3 aliphatic heterocycles. The molecule has 2 bridgehead atoms. The van der Waals surface area contributed by atoms with Gasteiger partial charge in [-0.1, -0.05) is 30.3 Å². The van der Waals surface area contributed by atoms with Crippen molar-refractivity contribution in [3.63, 3.8) is 0 Å². The summed E-state index contributed by atoms with van der Waals surface area (Å²) < 4.78 is 5.52. The Labute approximate surface area is 206 Å². The van der Waals surface area contributed by atoms with Crippen LogP contribution in [0.5, 0.6) is 0 Å². The average molecular weight is 489 g/mol. The van der Waals surface area contributed by atoms with Crippen LogP contribution in [0.3, 0.4) is 0 Å². The molecule has 1 N–H and O–H groups in total. The maximum absolute atomic E-state index is 12.9. The molecule has 10 nitrogen and oxygen atoms in total. The lowest BCUT2D eigenvalue weighted by Gasteiger charge is -2.36. The van der Waals surface area contributed by atoms with Crippen molar-refractivity contribution in [2.24, 2.45) is 0 Å². The zero-order valence-electron chi connectivity index (χ0n) is 20.8. The topological polar surface area (TPSA) is 101 Å². The predicted molar refractivity (Wildman–Crippen MR) is 127 cm³/mol. The van der Waals surface area contributed by atoms with E-state index in [1.54, 1.807) is 9.80 Å². The minimum atomic E-state index is -0.614. The number of hydroxylamine groups is 3. The summed E-state index contributed by atoms with van der Waals surface area (Å²) in [5, 5.41) is 1.40. The van der Waals surface area contributed by atoms with E-state index in [1.165, 1.54) is 5.06 Å². The number of likely N-dealkylation sites (tertiary alicyclic amines) is 1. The van der Waals surface area contributed by atoms with Crippen LogP contribution in [0, 0.1) is 0 Å². The Balaban J connectivity index is 1.26. The van der Waals surface area contributed by atoms with Crippen LogP contribution in [0.25, 0.3) is 0 Å². The van der Waals surface area contributed by atoms with Crippen LogP contribution in [0.4, 0.5) is 9.59 Å². The summed E-state index contributed by atoms with van der Waals surface area (Å²) in [7, 11) is 0. The number of rotatable bonds is 7. The van der Waals surface area contributed by atoms with Crippen LogP contribution in [0.2, 0.25) is 0 Å². The van der Waals surface area contributed by atoms with Gasteiger partial charge in [0.25, 0.3) is 5.91 Å². The maximum Gasteiger partial charge on any atom is 0.410 e. The van der Waals surface area contributed by atoms with Gasteiger partial charge in [-0.2, -0.15) is 5.06 Å². The van der Waals surface area contributed by atoms with E-state index in [4.69, 9.17) is 14.4 Å². The molecule has 192 valence electrons. The fourth-order valence-corrected chi connectivity index (χ4v) is 4.80. The molecule has 0 spiro atoms. The lowest BCUT2D eigenvalue weighted by atomic mass is 10.0. The molecule has 0 aliphatic carbocycles. The second-order valence-electron chi connectivity index (χ2n) is 10.4. The van der Waals surface area contributed by atoms with Gasteiger partial charge in [0.2, 0.25) is 0 Å². The number of fused-ring (bicyclic) bond motifs is 2. The molecule has 1 unspecified atom stereocenters. The summed E-state index contributed by atoms with van der Waals surface area (Å²) in [6, 6.07) is 8.50. The Kier molecular flexibility index (Phi) is 7.81. The molecule has 3 atom stereocenters. The monoisotopic (exact) mass is 488 g/mol. The Bertz CT molecular complexity index is 905. The highest BCUT2D eigenvalue weighted by molar-refractivity contribution is 5.88. The van der Waals surface area contributed by atoms with Gasteiger partial charge in [0, 0.05) is 13.1 Å². The minimum absolute atomic E-state index is 0.0687. The molecule has 10 heteroatoms. The van der Waals surface area contributed by atoms with E-state index < -0.39 is 11.6 Å². The van der Waals surface area contributed by atoms with E-state index in [2.05, 4.69) is 5.48 Å². The number of benzene rings is 1. The highest BCUT2D eigenvalue weighted by Crippen LogP contribution is 2.30. The second-order valence-corrected chi connectivity index (χ2v) is 10.4. The first-order chi connectivity index (χ1) is 16.7. The molecule has 3 saturated heterocycles. The molecule has 3 aliphatic rings. The molecular formula is C25H36N4O6. The Morgan fingerprint density at radius 2 is 1.86 bits per heavy atom. The number of hydrogen-bond donors (Lipinski definition) is 1. The molecule has 0 aromatic heterocycles. The Hall–Kier alpha value is -2.85. The molecule has 0 radical (unpaired) electrons. The van der Waals surface area contributed by atoms with Crippen molar-refractivity contribution in [2.45, 2.75) is 83.2 Å². The van der Waals surface area contributed by atoms with Crippen LogP contribution in [0.1, 0.15) is 58.4 Å². The molecule has 1 aromatic rings. The van der Waals surface area contributed by atoms with E-state index in [-0.39, 0.29) is 36.7 Å². The standard InChI is InChI=1S/C25H36N4O6/c1-25(2,3)35-24(32)27-14-8-7-11-20(27)17-33-26-22(30)21-13-12-19-15-28(21)23(31)29(19)34-16-18-9-5-4-6-10-18/h4-6,9-10,19-21H,7-8,11-17H2,1-3H3,(H,26,30)/t19-,20?,21+/m1/s1. The number of amides is 4. The van der Waals surface area contributed by atoms with Crippen molar-refractivity contribution in [3.8, 4) is 0 Å². The fraction of sp³-hybridized carbons (Fsp3) is 0.640. The number of urea groups is 1. The van der Waals surface area contributed by atoms with Crippen LogP contribution in [0.15, 0.2) is 30.3 Å². The summed E-state index contributed by atoms with van der Waals surface area (Å²) >= 11 is 0. The van der Waals surface area contributed by atoms with Gasteiger partial charge >= 0.3 is 12.1 Å². The zero-order chi connectivity index (χ0) is 25.0. The lowest BCUT2D eigenvalue weighted by molar-refractivity contribution is -0.141. The van der Waals surface area contributed by atoms with Gasteiger partial charge in [0.15, 0.2) is 0 Å². The number of nitrogens with zero attached hydrogens (tertiary/aromatic N) is 3. The Morgan fingerprint density at radius 1 is 1.09 bits per heavy atom. The second kappa shape index (κ2) is 10.8. The van der Waals surface area contributed by atoms with Gasteiger partial charge < -0.3 is 14.5 Å². The van der Waals surface area contributed by atoms with Crippen LogP contribution in [-0.2, 0) is 25.8 Å². The summed E-state index contributed by atoms with van der Waals surface area (Å²) in [5.74, 6) is -0.360. The van der Waals surface area contributed by atoms with E-state index in [0.29, 0.717) is 32.5 Å². The lowest BCUT2D eigenvalue weighted by Crippen LogP contribution is -2.52. The normalized spacial score (nSPS) is 24.5. The Morgan fingerprint density at radius 3 is 2.60 bits per heavy atom. The number of ether oxygens (including phenoxy) is 1. The van der Waals surface area contributed by atoms with E-state index in [1.807, 2.05) is 51.1 Å². The smallest absolute Gasteiger partial charge is 0.410 e. The summed E-state index contributed by atoms with van der Waals surface area (Å²) in [6.07, 6.45) is 3.50. The summed E-state index contributed by atoms with van der Waals surface area (Å²) in [4.78, 5) is 52.9. The molecule has 3 heterocycles. The van der Waals surface area contributed by atoms with Crippen LogP contribution >= 0.6 is 0 Å². The molecule has 3 fully saturated rings. The number of hydrogen-bond acceptors (Lipinski definition) is 6. The number of carbonyl (C=O) groups excluding carboxylic acids is 3. The van der Waals surface area contributed by atoms with Crippen LogP contribution in [-0.4, -0.2) is 76.3 Å². The van der Waals surface area contributed by atoms with Crippen LogP contribution < -0.4 is 5.48 Å². The SMILES string of the molecule is CC(C)(C)OC(=O)N1CCCCC1CONC(=O)[C@@H]1CC[C@@H]2CN1C(=O)N2OCc1ccccc1. The maximum atomic E-state index is 12.9.